The van der Waals surface area contributed by atoms with Crippen LogP contribution in [0.1, 0.15) is 0 Å². The van der Waals surface area contributed by atoms with Crippen molar-refractivity contribution in [2.45, 2.75) is 0 Å². The highest BCUT2D eigenvalue weighted by atomic mass is 15.1. The first-order valence-corrected chi connectivity index (χ1v) is 3.84. The molecule has 1 aromatic heterocycles. The zero-order chi connectivity index (χ0) is 9.14. The normalized spacial score (nSPS) is 9.67. The fourth-order valence-corrected chi connectivity index (χ4v) is 1.03. The maximum absolute atomic E-state index is 3.96. The van der Waals surface area contributed by atoms with E-state index < -0.39 is 0 Å². The van der Waals surface area contributed by atoms with E-state index >= 15 is 0 Å². The predicted octanol–water partition coefficient (Wildman–Crippen LogP) is 1.01. The van der Waals surface area contributed by atoms with Gasteiger partial charge < -0.3 is 9.80 Å². The molecule has 0 N–H and O–H groups in total. The quantitative estimate of drug-likeness (QED) is 0.650. The lowest BCUT2D eigenvalue weighted by molar-refractivity contribution is 1.05. The first kappa shape index (κ1) is 8.84. The monoisotopic (exact) mass is 164 g/mol. The Morgan fingerprint density at radius 3 is 2.25 bits per heavy atom. The van der Waals surface area contributed by atoms with Crippen molar-refractivity contribution in [2.75, 3.05) is 38.0 Å². The Morgan fingerprint density at radius 2 is 1.83 bits per heavy atom. The van der Waals surface area contributed by atoms with Crippen molar-refractivity contribution in [3.05, 3.63) is 18.5 Å². The van der Waals surface area contributed by atoms with Crippen LogP contribution >= 0.6 is 0 Å². The van der Waals surface area contributed by atoms with Crippen LogP contribution in [-0.4, -0.2) is 33.2 Å². The molecule has 0 atom stereocenters. The van der Waals surface area contributed by atoms with Crippen LogP contribution in [0, 0.1) is 6.20 Å². The third kappa shape index (κ3) is 1.67. The Bertz CT molecular complexity index is 229. The highest BCUT2D eigenvalue weighted by Crippen LogP contribution is 2.23. The van der Waals surface area contributed by atoms with E-state index in [2.05, 4.69) is 11.2 Å². The van der Waals surface area contributed by atoms with E-state index in [4.69, 9.17) is 0 Å². The molecule has 0 bridgehead atoms. The highest BCUT2D eigenvalue weighted by Gasteiger charge is 2.05. The number of hydrogen-bond acceptors (Lipinski definition) is 3. The molecule has 0 aliphatic rings. The van der Waals surface area contributed by atoms with E-state index in [9.17, 15) is 0 Å². The number of pyridine rings is 1. The van der Waals surface area contributed by atoms with Gasteiger partial charge in [0.2, 0.25) is 0 Å². The zero-order valence-corrected chi connectivity index (χ0v) is 8.00. The Labute approximate surface area is 73.6 Å². The lowest BCUT2D eigenvalue weighted by Crippen LogP contribution is -2.16. The van der Waals surface area contributed by atoms with Crippen molar-refractivity contribution in [3.8, 4) is 0 Å². The van der Waals surface area contributed by atoms with Crippen LogP contribution in [-0.2, 0) is 0 Å². The Morgan fingerprint density at radius 1 is 1.17 bits per heavy atom. The molecule has 65 valence electrons. The summed E-state index contributed by atoms with van der Waals surface area (Å²) in [5, 5.41) is 0. The molecule has 3 heteroatoms. The molecule has 0 fully saturated rings. The van der Waals surface area contributed by atoms with Gasteiger partial charge in [0.25, 0.3) is 0 Å². The summed E-state index contributed by atoms with van der Waals surface area (Å²) in [6.45, 7) is 0. The number of anilines is 2. The fraction of sp³-hybridized carbons (Fsp3) is 0.444. The second-order valence-corrected chi connectivity index (χ2v) is 3.08. The van der Waals surface area contributed by atoms with Crippen LogP contribution in [0.2, 0.25) is 0 Å². The number of rotatable bonds is 2. The van der Waals surface area contributed by atoms with Gasteiger partial charge in [0.15, 0.2) is 0 Å². The molecule has 0 unspecified atom stereocenters. The summed E-state index contributed by atoms with van der Waals surface area (Å²) in [5.41, 5.74) is 2.15. The van der Waals surface area contributed by atoms with Crippen molar-refractivity contribution < 1.29 is 0 Å². The molecule has 1 heterocycles. The Balaban J connectivity index is 3.09. The minimum absolute atomic E-state index is 1.02. The van der Waals surface area contributed by atoms with Gasteiger partial charge in [-0.2, -0.15) is 0 Å². The summed E-state index contributed by atoms with van der Waals surface area (Å²) in [7, 11) is 7.99. The van der Waals surface area contributed by atoms with E-state index in [1.54, 1.807) is 6.20 Å². The molecule has 0 saturated carbocycles. The summed E-state index contributed by atoms with van der Waals surface area (Å²) in [4.78, 5) is 8.01. The van der Waals surface area contributed by atoms with Crippen molar-refractivity contribution >= 4 is 11.4 Å². The standard InChI is InChI=1S/C9H14N3/c1-11(2)8-5-6-10-7-9(8)12(3)4/h5-6H,1-4H3. The summed E-state index contributed by atoms with van der Waals surface area (Å²) in [6, 6.07) is 1.98. The summed E-state index contributed by atoms with van der Waals surface area (Å²) < 4.78 is 0. The molecule has 0 amide bonds. The average molecular weight is 164 g/mol. The van der Waals surface area contributed by atoms with Crippen LogP contribution in [0.4, 0.5) is 11.4 Å². The van der Waals surface area contributed by atoms with Crippen LogP contribution in [0.25, 0.3) is 0 Å². The van der Waals surface area contributed by atoms with Crippen LogP contribution in [0.15, 0.2) is 12.3 Å². The van der Waals surface area contributed by atoms with Crippen LogP contribution in [0.3, 0.4) is 0 Å². The van der Waals surface area contributed by atoms with Gasteiger partial charge in [-0.3, -0.25) is 4.98 Å². The third-order valence-electron chi connectivity index (χ3n) is 1.65. The van der Waals surface area contributed by atoms with Gasteiger partial charge in [0.05, 0.1) is 11.4 Å². The Kier molecular flexibility index (Phi) is 2.53. The van der Waals surface area contributed by atoms with E-state index in [1.165, 1.54) is 0 Å². The second kappa shape index (κ2) is 3.43. The minimum atomic E-state index is 1.02. The van der Waals surface area contributed by atoms with Gasteiger partial charge >= 0.3 is 0 Å². The van der Waals surface area contributed by atoms with Crippen molar-refractivity contribution in [1.29, 1.82) is 0 Å². The highest BCUT2D eigenvalue weighted by molar-refractivity contribution is 5.68. The lowest BCUT2D eigenvalue weighted by Gasteiger charge is -2.20. The van der Waals surface area contributed by atoms with Gasteiger partial charge in [-0.05, 0) is 6.07 Å². The molecular formula is C9H14N3. The fourth-order valence-electron chi connectivity index (χ4n) is 1.03. The lowest BCUT2D eigenvalue weighted by atomic mass is 10.3. The third-order valence-corrected chi connectivity index (χ3v) is 1.65. The molecule has 0 spiro atoms. The number of aromatic nitrogens is 1. The SMILES string of the molecule is CN(C)c1[c]nccc1N(C)C. The van der Waals surface area contributed by atoms with E-state index in [1.807, 2.05) is 44.1 Å². The molecular weight excluding hydrogens is 150 g/mol. The average Bonchev–Trinajstić information content (AvgIpc) is 2.04. The summed E-state index contributed by atoms with van der Waals surface area (Å²) in [5.74, 6) is 0. The van der Waals surface area contributed by atoms with Crippen LogP contribution < -0.4 is 9.80 Å². The predicted molar refractivity (Wildman–Crippen MR) is 51.7 cm³/mol. The van der Waals surface area contributed by atoms with Crippen molar-refractivity contribution in [1.82, 2.24) is 4.98 Å². The van der Waals surface area contributed by atoms with Crippen molar-refractivity contribution in [3.63, 3.8) is 0 Å². The number of hydrogen-bond donors (Lipinski definition) is 0. The topological polar surface area (TPSA) is 19.4 Å². The largest absolute Gasteiger partial charge is 0.376 e. The molecule has 1 aromatic rings. The van der Waals surface area contributed by atoms with Gasteiger partial charge in [-0.25, -0.2) is 0 Å². The first-order valence-electron chi connectivity index (χ1n) is 3.84. The van der Waals surface area contributed by atoms with E-state index in [0.29, 0.717) is 0 Å². The van der Waals surface area contributed by atoms with Crippen molar-refractivity contribution in [2.24, 2.45) is 0 Å². The zero-order valence-electron chi connectivity index (χ0n) is 8.00. The van der Waals surface area contributed by atoms with Gasteiger partial charge in [0.1, 0.15) is 6.20 Å². The molecule has 1 radical (unpaired) electrons. The molecule has 1 rings (SSSR count). The molecule has 0 aliphatic heterocycles. The molecule has 12 heavy (non-hydrogen) atoms. The molecule has 0 aliphatic carbocycles. The summed E-state index contributed by atoms with van der Waals surface area (Å²) >= 11 is 0. The molecule has 3 nitrogen and oxygen atoms in total. The van der Waals surface area contributed by atoms with E-state index in [0.717, 1.165) is 11.4 Å². The minimum Gasteiger partial charge on any atom is -0.376 e. The molecule has 0 aromatic carbocycles. The maximum Gasteiger partial charge on any atom is 0.116 e. The maximum atomic E-state index is 3.96. The number of nitrogens with zero attached hydrogens (tertiary/aromatic N) is 3. The van der Waals surface area contributed by atoms with Gasteiger partial charge in [-0.15, -0.1) is 0 Å². The smallest absolute Gasteiger partial charge is 0.116 e. The van der Waals surface area contributed by atoms with Gasteiger partial charge in [0, 0.05) is 34.4 Å². The Hall–Kier alpha value is -1.25. The van der Waals surface area contributed by atoms with Gasteiger partial charge in [-0.1, -0.05) is 0 Å². The second-order valence-electron chi connectivity index (χ2n) is 3.08. The van der Waals surface area contributed by atoms with Crippen LogP contribution in [0.5, 0.6) is 0 Å². The summed E-state index contributed by atoms with van der Waals surface area (Å²) in [6.07, 6.45) is 4.70. The van der Waals surface area contributed by atoms with E-state index in [-0.39, 0.29) is 0 Å². The molecule has 0 saturated heterocycles. The first-order chi connectivity index (χ1) is 5.63.